The highest BCUT2D eigenvalue weighted by Gasteiger charge is 2.36. The Bertz CT molecular complexity index is 369. The summed E-state index contributed by atoms with van der Waals surface area (Å²) in [6.45, 7) is 6.47. The van der Waals surface area contributed by atoms with Gasteiger partial charge < -0.3 is 4.74 Å². The molecule has 0 N–H and O–H groups in total. The first-order valence-electron chi connectivity index (χ1n) is 7.96. The number of carbonyl (C=O) groups excluding carboxylic acids is 1. The lowest BCUT2D eigenvalue weighted by molar-refractivity contribution is -0.150. The molecule has 4 nitrogen and oxygen atoms in total. The molecule has 1 aliphatic heterocycles. The van der Waals surface area contributed by atoms with E-state index < -0.39 is 0 Å². The van der Waals surface area contributed by atoms with Crippen LogP contribution >= 0.6 is 0 Å². The monoisotopic (exact) mass is 278 g/mol. The fourth-order valence-electron chi connectivity index (χ4n) is 3.63. The van der Waals surface area contributed by atoms with Crippen LogP contribution in [-0.2, 0) is 9.53 Å². The van der Waals surface area contributed by atoms with E-state index in [1.165, 1.54) is 6.42 Å². The molecule has 20 heavy (non-hydrogen) atoms. The van der Waals surface area contributed by atoms with E-state index in [4.69, 9.17) is 4.74 Å². The van der Waals surface area contributed by atoms with Crippen molar-refractivity contribution in [2.45, 2.75) is 52.0 Å². The SMILES string of the molecule is CCOC(=O)C1CCN(C2CC(C)CCC2C#N)CC1. The third-order valence-corrected chi connectivity index (χ3v) is 4.86. The summed E-state index contributed by atoms with van der Waals surface area (Å²) in [5.41, 5.74) is 0. The summed E-state index contributed by atoms with van der Waals surface area (Å²) >= 11 is 0. The van der Waals surface area contributed by atoms with Crippen molar-refractivity contribution in [2.24, 2.45) is 17.8 Å². The molecule has 2 aliphatic rings. The molecule has 1 saturated heterocycles. The maximum Gasteiger partial charge on any atom is 0.309 e. The second kappa shape index (κ2) is 7.08. The largest absolute Gasteiger partial charge is 0.466 e. The van der Waals surface area contributed by atoms with Gasteiger partial charge in [0, 0.05) is 6.04 Å². The van der Waals surface area contributed by atoms with Gasteiger partial charge in [-0.25, -0.2) is 0 Å². The quantitative estimate of drug-likeness (QED) is 0.745. The predicted molar refractivity (Wildman–Crippen MR) is 76.8 cm³/mol. The van der Waals surface area contributed by atoms with E-state index in [-0.39, 0.29) is 17.8 Å². The van der Waals surface area contributed by atoms with E-state index in [2.05, 4.69) is 17.9 Å². The Hall–Kier alpha value is -1.08. The van der Waals surface area contributed by atoms with Gasteiger partial charge in [-0.3, -0.25) is 9.69 Å². The fraction of sp³-hybridized carbons (Fsp3) is 0.875. The maximum atomic E-state index is 11.8. The summed E-state index contributed by atoms with van der Waals surface area (Å²) in [6.07, 6.45) is 5.08. The number of hydrogen-bond acceptors (Lipinski definition) is 4. The standard InChI is InChI=1S/C16H26N2O2/c1-3-20-16(19)13-6-8-18(9-7-13)15-10-12(2)4-5-14(15)11-17/h12-15H,3-10H2,1-2H3. The molecule has 3 atom stereocenters. The number of ether oxygens (including phenoxy) is 1. The smallest absolute Gasteiger partial charge is 0.309 e. The van der Waals surface area contributed by atoms with Gasteiger partial charge in [0.25, 0.3) is 0 Å². The van der Waals surface area contributed by atoms with Crippen molar-refractivity contribution in [3.63, 3.8) is 0 Å². The first kappa shape index (κ1) is 15.3. The Morgan fingerprint density at radius 2 is 2.00 bits per heavy atom. The van der Waals surface area contributed by atoms with Gasteiger partial charge in [-0.05, 0) is 58.0 Å². The lowest BCUT2D eigenvalue weighted by Gasteiger charge is -2.42. The van der Waals surface area contributed by atoms with E-state index in [0.29, 0.717) is 18.6 Å². The van der Waals surface area contributed by atoms with E-state index >= 15 is 0 Å². The average molecular weight is 278 g/mol. The molecule has 3 unspecified atom stereocenters. The first-order valence-corrected chi connectivity index (χ1v) is 7.96. The maximum absolute atomic E-state index is 11.8. The first-order chi connectivity index (χ1) is 9.65. The molecule has 1 aliphatic carbocycles. The van der Waals surface area contributed by atoms with Crippen molar-refractivity contribution < 1.29 is 9.53 Å². The molecule has 0 spiro atoms. The molecular weight excluding hydrogens is 252 g/mol. The van der Waals surface area contributed by atoms with Crippen LogP contribution in [0.25, 0.3) is 0 Å². The van der Waals surface area contributed by atoms with Gasteiger partial charge in [0.05, 0.1) is 24.5 Å². The van der Waals surface area contributed by atoms with E-state index in [1.807, 2.05) is 6.92 Å². The molecular formula is C16H26N2O2. The van der Waals surface area contributed by atoms with Gasteiger partial charge in [-0.15, -0.1) is 0 Å². The molecule has 0 radical (unpaired) electrons. The molecule has 112 valence electrons. The van der Waals surface area contributed by atoms with Crippen LogP contribution in [0.1, 0.15) is 46.0 Å². The summed E-state index contributed by atoms with van der Waals surface area (Å²) in [7, 11) is 0. The van der Waals surface area contributed by atoms with Gasteiger partial charge in [0.15, 0.2) is 0 Å². The molecule has 2 rings (SSSR count). The third-order valence-electron chi connectivity index (χ3n) is 4.86. The number of nitriles is 1. The minimum atomic E-state index is -0.0407. The highest BCUT2D eigenvalue weighted by Crippen LogP contribution is 2.34. The van der Waals surface area contributed by atoms with Crippen molar-refractivity contribution in [3.05, 3.63) is 0 Å². The number of rotatable bonds is 3. The van der Waals surface area contributed by atoms with Crippen LogP contribution in [0.2, 0.25) is 0 Å². The molecule has 0 aromatic carbocycles. The van der Waals surface area contributed by atoms with E-state index in [1.54, 1.807) is 0 Å². The van der Waals surface area contributed by atoms with Crippen LogP contribution in [-0.4, -0.2) is 36.6 Å². The Morgan fingerprint density at radius 3 is 2.60 bits per heavy atom. The number of nitrogens with zero attached hydrogens (tertiary/aromatic N) is 2. The summed E-state index contributed by atoms with van der Waals surface area (Å²) in [4.78, 5) is 14.2. The van der Waals surface area contributed by atoms with Gasteiger partial charge in [0.2, 0.25) is 0 Å². The van der Waals surface area contributed by atoms with Crippen molar-refractivity contribution in [1.29, 1.82) is 5.26 Å². The molecule has 1 heterocycles. The zero-order valence-corrected chi connectivity index (χ0v) is 12.7. The Morgan fingerprint density at radius 1 is 1.30 bits per heavy atom. The van der Waals surface area contributed by atoms with Crippen molar-refractivity contribution >= 4 is 5.97 Å². The number of piperidine rings is 1. The lowest BCUT2D eigenvalue weighted by Crippen LogP contribution is -2.48. The zero-order valence-electron chi connectivity index (χ0n) is 12.7. The van der Waals surface area contributed by atoms with Crippen molar-refractivity contribution in [1.82, 2.24) is 4.90 Å². The summed E-state index contributed by atoms with van der Waals surface area (Å²) in [6, 6.07) is 2.89. The summed E-state index contributed by atoms with van der Waals surface area (Å²) in [5.74, 6) is 0.909. The topological polar surface area (TPSA) is 53.3 Å². The van der Waals surface area contributed by atoms with Gasteiger partial charge in [-0.2, -0.15) is 5.26 Å². The molecule has 4 heteroatoms. The normalized spacial score (nSPS) is 32.5. The fourth-order valence-corrected chi connectivity index (χ4v) is 3.63. The van der Waals surface area contributed by atoms with Gasteiger partial charge >= 0.3 is 5.97 Å². The summed E-state index contributed by atoms with van der Waals surface area (Å²) < 4.78 is 5.11. The molecule has 0 bridgehead atoms. The van der Waals surface area contributed by atoms with Crippen LogP contribution in [0.15, 0.2) is 0 Å². The molecule has 0 aromatic rings. The van der Waals surface area contributed by atoms with E-state index in [0.717, 1.165) is 38.8 Å². The van der Waals surface area contributed by atoms with Crippen LogP contribution in [0.4, 0.5) is 0 Å². The number of carbonyl (C=O) groups is 1. The molecule has 1 saturated carbocycles. The molecule has 0 amide bonds. The number of likely N-dealkylation sites (tertiary alicyclic amines) is 1. The second-order valence-electron chi connectivity index (χ2n) is 6.28. The van der Waals surface area contributed by atoms with Crippen LogP contribution in [0.5, 0.6) is 0 Å². The minimum Gasteiger partial charge on any atom is -0.466 e. The predicted octanol–water partition coefficient (Wildman–Crippen LogP) is 2.59. The van der Waals surface area contributed by atoms with Gasteiger partial charge in [-0.1, -0.05) is 6.92 Å². The average Bonchev–Trinajstić information content (AvgIpc) is 2.47. The molecule has 2 fully saturated rings. The van der Waals surface area contributed by atoms with E-state index in [9.17, 15) is 10.1 Å². The number of hydrogen-bond donors (Lipinski definition) is 0. The summed E-state index contributed by atoms with van der Waals surface area (Å²) in [5, 5.41) is 9.34. The lowest BCUT2D eigenvalue weighted by atomic mass is 9.78. The molecule has 0 aromatic heterocycles. The minimum absolute atomic E-state index is 0.0407. The highest BCUT2D eigenvalue weighted by molar-refractivity contribution is 5.72. The number of esters is 1. The highest BCUT2D eigenvalue weighted by atomic mass is 16.5. The Kier molecular flexibility index (Phi) is 5.42. The Balaban J connectivity index is 1.89. The van der Waals surface area contributed by atoms with Crippen molar-refractivity contribution in [3.8, 4) is 6.07 Å². The zero-order chi connectivity index (χ0) is 14.5. The third kappa shape index (κ3) is 3.52. The Labute approximate surface area is 122 Å². The van der Waals surface area contributed by atoms with Crippen LogP contribution in [0, 0.1) is 29.1 Å². The van der Waals surface area contributed by atoms with Crippen molar-refractivity contribution in [2.75, 3.05) is 19.7 Å². The second-order valence-corrected chi connectivity index (χ2v) is 6.28. The van der Waals surface area contributed by atoms with Crippen LogP contribution < -0.4 is 0 Å². The van der Waals surface area contributed by atoms with Gasteiger partial charge in [0.1, 0.15) is 0 Å². The van der Waals surface area contributed by atoms with Crippen LogP contribution in [0.3, 0.4) is 0 Å².